The number of furan rings is 1. The Labute approximate surface area is 144 Å². The highest BCUT2D eigenvalue weighted by molar-refractivity contribution is 7.89. The lowest BCUT2D eigenvalue weighted by Gasteiger charge is -2.07. The summed E-state index contributed by atoms with van der Waals surface area (Å²) in [6.45, 7) is 1.72. The molecule has 0 radical (unpaired) electrons. The molecule has 0 aliphatic carbocycles. The van der Waals surface area contributed by atoms with Crippen LogP contribution in [0.5, 0.6) is 0 Å². The first-order valence-corrected chi connectivity index (χ1v) is 9.02. The molecule has 2 aromatic rings. The molecule has 1 heterocycles. The number of carboxylic acid groups (broad SMARTS) is 1. The third-order valence-corrected chi connectivity index (χ3v) is 4.82. The van der Waals surface area contributed by atoms with Gasteiger partial charge in [-0.1, -0.05) is 25.1 Å². The predicted molar refractivity (Wildman–Crippen MR) is 89.0 cm³/mol. The van der Waals surface area contributed by atoms with Crippen molar-refractivity contribution in [2.75, 3.05) is 13.1 Å². The largest absolute Gasteiger partial charge is 0.478 e. The third-order valence-electron chi connectivity index (χ3n) is 3.34. The van der Waals surface area contributed by atoms with Crippen molar-refractivity contribution in [3.63, 3.8) is 0 Å². The van der Waals surface area contributed by atoms with E-state index in [0.29, 0.717) is 6.42 Å². The molecule has 1 amide bonds. The van der Waals surface area contributed by atoms with E-state index in [-0.39, 0.29) is 35.1 Å². The lowest BCUT2D eigenvalue weighted by molar-refractivity contribution is 0.0694. The molecule has 25 heavy (non-hydrogen) atoms. The normalized spacial score (nSPS) is 11.2. The fourth-order valence-corrected chi connectivity index (χ4v) is 3.17. The van der Waals surface area contributed by atoms with E-state index in [1.807, 2.05) is 0 Å². The van der Waals surface area contributed by atoms with Crippen LogP contribution in [0.3, 0.4) is 0 Å². The van der Waals surface area contributed by atoms with Crippen LogP contribution in [0.25, 0.3) is 0 Å². The number of aromatic carboxylic acids is 1. The lowest BCUT2D eigenvalue weighted by atomic mass is 10.2. The number of carbonyl (C=O) groups excluding carboxylic acids is 1. The zero-order valence-corrected chi connectivity index (χ0v) is 14.3. The first-order valence-electron chi connectivity index (χ1n) is 7.54. The number of sulfonamides is 1. The molecule has 0 saturated heterocycles. The van der Waals surface area contributed by atoms with Gasteiger partial charge in [-0.3, -0.25) is 4.79 Å². The average Bonchev–Trinajstić information content (AvgIpc) is 3.04. The number of aryl methyl sites for hydroxylation is 1. The van der Waals surface area contributed by atoms with Gasteiger partial charge >= 0.3 is 5.97 Å². The number of nitrogens with one attached hydrogen (secondary N) is 2. The Kier molecular flexibility index (Phi) is 5.94. The zero-order chi connectivity index (χ0) is 18.4. The van der Waals surface area contributed by atoms with E-state index in [4.69, 9.17) is 9.52 Å². The summed E-state index contributed by atoms with van der Waals surface area (Å²) in [6.07, 6.45) is 0.339. The molecule has 0 bridgehead atoms. The van der Waals surface area contributed by atoms with Crippen molar-refractivity contribution in [2.45, 2.75) is 18.2 Å². The van der Waals surface area contributed by atoms with E-state index >= 15 is 0 Å². The van der Waals surface area contributed by atoms with Crippen LogP contribution in [0.15, 0.2) is 45.7 Å². The van der Waals surface area contributed by atoms with Crippen molar-refractivity contribution in [3.05, 3.63) is 53.5 Å². The van der Waals surface area contributed by atoms with Crippen LogP contribution in [0, 0.1) is 0 Å². The molecule has 8 nitrogen and oxygen atoms in total. The third kappa shape index (κ3) is 4.68. The highest BCUT2D eigenvalue weighted by Crippen LogP contribution is 2.16. The number of hydrogen-bond donors (Lipinski definition) is 3. The first kappa shape index (κ1) is 18.7. The Morgan fingerprint density at radius 1 is 1.16 bits per heavy atom. The van der Waals surface area contributed by atoms with Gasteiger partial charge in [-0.05, 0) is 12.1 Å². The maximum absolute atomic E-state index is 12.0. The minimum Gasteiger partial charge on any atom is -0.478 e. The summed E-state index contributed by atoms with van der Waals surface area (Å²) in [7, 11) is -3.64. The molecule has 0 aliphatic rings. The molecule has 1 aromatic heterocycles. The van der Waals surface area contributed by atoms with Crippen molar-refractivity contribution in [1.29, 1.82) is 0 Å². The number of carbonyl (C=O) groups is 2. The van der Waals surface area contributed by atoms with Crippen molar-refractivity contribution in [1.82, 2.24) is 10.0 Å². The van der Waals surface area contributed by atoms with Gasteiger partial charge in [0.2, 0.25) is 10.0 Å². The number of carboxylic acids is 1. The molecule has 0 spiro atoms. The van der Waals surface area contributed by atoms with Crippen LogP contribution < -0.4 is 10.0 Å². The van der Waals surface area contributed by atoms with Crippen LogP contribution in [0.2, 0.25) is 0 Å². The van der Waals surface area contributed by atoms with Gasteiger partial charge in [0.1, 0.15) is 11.3 Å². The monoisotopic (exact) mass is 366 g/mol. The molecule has 0 atom stereocenters. The average molecular weight is 366 g/mol. The summed E-state index contributed by atoms with van der Waals surface area (Å²) < 4.78 is 31.6. The fourth-order valence-electron chi connectivity index (χ4n) is 2.12. The summed E-state index contributed by atoms with van der Waals surface area (Å²) in [5.41, 5.74) is -0.0579. The Morgan fingerprint density at radius 3 is 2.40 bits per heavy atom. The summed E-state index contributed by atoms with van der Waals surface area (Å²) in [4.78, 5) is 23.2. The van der Waals surface area contributed by atoms with Gasteiger partial charge in [0.25, 0.3) is 5.91 Å². The standard InChI is InChI=1S/C16H18N2O6S/c1-2-13-12(16(20)21)10-14(24-13)15(19)17-8-9-18-25(22,23)11-6-4-3-5-7-11/h3-7,10,18H,2,8-9H2,1H3,(H,17,19)(H,20,21). The van der Waals surface area contributed by atoms with Gasteiger partial charge in [0.15, 0.2) is 5.76 Å². The fraction of sp³-hybridized carbons (Fsp3) is 0.250. The minimum absolute atomic E-state index is 0.0178. The second-order valence-electron chi connectivity index (χ2n) is 5.07. The number of amides is 1. The molecule has 2 rings (SSSR count). The molecule has 0 saturated carbocycles. The molecule has 9 heteroatoms. The maximum atomic E-state index is 12.0. The van der Waals surface area contributed by atoms with Crippen molar-refractivity contribution >= 4 is 21.9 Å². The molecular weight excluding hydrogens is 348 g/mol. The Morgan fingerprint density at radius 2 is 1.84 bits per heavy atom. The quantitative estimate of drug-likeness (QED) is 0.604. The minimum atomic E-state index is -3.64. The Bertz CT molecular complexity index is 858. The Balaban J connectivity index is 1.90. The number of hydrogen-bond acceptors (Lipinski definition) is 5. The second kappa shape index (κ2) is 7.95. The van der Waals surface area contributed by atoms with Crippen LogP contribution in [0.4, 0.5) is 0 Å². The molecule has 1 aromatic carbocycles. The second-order valence-corrected chi connectivity index (χ2v) is 6.84. The topological polar surface area (TPSA) is 126 Å². The smallest absolute Gasteiger partial charge is 0.339 e. The van der Waals surface area contributed by atoms with E-state index in [1.165, 1.54) is 12.1 Å². The summed E-state index contributed by atoms with van der Waals surface area (Å²) in [6, 6.07) is 9.01. The number of rotatable bonds is 8. The van der Waals surface area contributed by atoms with Gasteiger partial charge in [0.05, 0.1) is 4.90 Å². The van der Waals surface area contributed by atoms with Crippen molar-refractivity contribution < 1.29 is 27.5 Å². The molecule has 0 fully saturated rings. The molecule has 134 valence electrons. The predicted octanol–water partition coefficient (Wildman–Crippen LogP) is 1.25. The summed E-state index contributed by atoms with van der Waals surface area (Å²) in [5.74, 6) is -1.70. The highest BCUT2D eigenvalue weighted by atomic mass is 32.2. The van der Waals surface area contributed by atoms with Crippen LogP contribution in [-0.4, -0.2) is 38.5 Å². The Hall–Kier alpha value is -2.65. The number of benzene rings is 1. The first-order chi connectivity index (χ1) is 11.8. The van der Waals surface area contributed by atoms with E-state index in [1.54, 1.807) is 25.1 Å². The van der Waals surface area contributed by atoms with Crippen LogP contribution >= 0.6 is 0 Å². The van der Waals surface area contributed by atoms with Crippen molar-refractivity contribution in [3.8, 4) is 0 Å². The van der Waals surface area contributed by atoms with E-state index in [9.17, 15) is 18.0 Å². The van der Waals surface area contributed by atoms with Gasteiger partial charge in [-0.2, -0.15) is 0 Å². The van der Waals surface area contributed by atoms with Crippen molar-refractivity contribution in [2.24, 2.45) is 0 Å². The van der Waals surface area contributed by atoms with Gasteiger partial charge in [-0.15, -0.1) is 0 Å². The SMILES string of the molecule is CCc1oc(C(=O)NCCNS(=O)(=O)c2ccccc2)cc1C(=O)O. The van der Waals surface area contributed by atoms with Gasteiger partial charge in [0, 0.05) is 25.6 Å². The summed E-state index contributed by atoms with van der Waals surface area (Å²) in [5, 5.41) is 11.5. The zero-order valence-electron chi connectivity index (χ0n) is 13.5. The van der Waals surface area contributed by atoms with E-state index in [2.05, 4.69) is 10.0 Å². The van der Waals surface area contributed by atoms with E-state index in [0.717, 1.165) is 6.07 Å². The van der Waals surface area contributed by atoms with Gasteiger partial charge in [-0.25, -0.2) is 17.9 Å². The maximum Gasteiger partial charge on any atom is 0.339 e. The lowest BCUT2D eigenvalue weighted by Crippen LogP contribution is -2.34. The molecule has 0 unspecified atom stereocenters. The highest BCUT2D eigenvalue weighted by Gasteiger charge is 2.20. The van der Waals surface area contributed by atoms with Crippen LogP contribution in [-0.2, 0) is 16.4 Å². The molecular formula is C16H18N2O6S. The molecule has 3 N–H and O–H groups in total. The summed E-state index contributed by atoms with van der Waals surface area (Å²) >= 11 is 0. The van der Waals surface area contributed by atoms with E-state index < -0.39 is 21.9 Å². The molecule has 0 aliphatic heterocycles. The van der Waals surface area contributed by atoms with Crippen LogP contribution in [0.1, 0.15) is 33.6 Å². The van der Waals surface area contributed by atoms with Gasteiger partial charge < -0.3 is 14.8 Å².